The van der Waals surface area contributed by atoms with E-state index in [1.165, 1.54) is 12.1 Å². The molecule has 0 radical (unpaired) electrons. The molecule has 1 aromatic carbocycles. The Balaban J connectivity index is 1.21. The summed E-state index contributed by atoms with van der Waals surface area (Å²) >= 11 is 1.71. The first-order valence-electron chi connectivity index (χ1n) is 10.5. The average molecular weight is 431 g/mol. The third-order valence-electron chi connectivity index (χ3n) is 6.10. The van der Waals surface area contributed by atoms with Crippen LogP contribution < -0.4 is 0 Å². The normalized spacial score (nSPS) is 20.8. The van der Waals surface area contributed by atoms with E-state index in [0.29, 0.717) is 12.1 Å². The molecule has 2 aliphatic heterocycles. The van der Waals surface area contributed by atoms with E-state index < -0.39 is 0 Å². The molecule has 1 atom stereocenters. The number of carbonyl (C=O) groups is 1. The number of benzene rings is 1. The maximum atomic E-state index is 13.1. The van der Waals surface area contributed by atoms with Gasteiger partial charge in [-0.2, -0.15) is 4.91 Å². The van der Waals surface area contributed by atoms with Gasteiger partial charge in [0.15, 0.2) is 5.78 Å². The number of hydrogen-bond donors (Lipinski definition) is 0. The Labute approximate surface area is 180 Å². The summed E-state index contributed by atoms with van der Waals surface area (Å²) in [6, 6.07) is 7.61. The largest absolute Gasteiger partial charge is 0.351 e. The van der Waals surface area contributed by atoms with Crippen molar-refractivity contribution in [3.05, 3.63) is 58.5 Å². The van der Waals surface area contributed by atoms with Crippen LogP contribution in [0.2, 0.25) is 0 Å². The number of hydrogen-bond acceptors (Lipinski definition) is 6. The number of halogens is 1. The Bertz CT molecular complexity index is 893. The van der Waals surface area contributed by atoms with Crippen LogP contribution in [-0.2, 0) is 7.05 Å². The van der Waals surface area contributed by atoms with Crippen LogP contribution in [0.3, 0.4) is 0 Å². The van der Waals surface area contributed by atoms with Crippen molar-refractivity contribution in [1.82, 2.24) is 13.8 Å². The summed E-state index contributed by atoms with van der Waals surface area (Å²) < 4.78 is 17.3. The van der Waals surface area contributed by atoms with E-state index in [-0.39, 0.29) is 23.6 Å². The highest BCUT2D eigenvalue weighted by atomic mass is 32.2. The highest BCUT2D eigenvalue weighted by molar-refractivity contribution is 7.97. The van der Waals surface area contributed by atoms with Crippen molar-refractivity contribution >= 4 is 17.7 Å². The molecule has 30 heavy (non-hydrogen) atoms. The lowest BCUT2D eigenvalue weighted by Gasteiger charge is -2.33. The molecule has 1 aromatic heterocycles. The summed E-state index contributed by atoms with van der Waals surface area (Å²) in [6.07, 6.45) is 4.69. The first-order valence-corrected chi connectivity index (χ1v) is 11.2. The third-order valence-corrected chi connectivity index (χ3v) is 7.23. The third kappa shape index (κ3) is 4.66. The van der Waals surface area contributed by atoms with Crippen LogP contribution in [0.4, 0.5) is 4.39 Å². The van der Waals surface area contributed by atoms with Gasteiger partial charge in [0.05, 0.1) is 5.69 Å². The lowest BCUT2D eigenvalue weighted by molar-refractivity contribution is 0.0838. The number of rotatable bonds is 7. The van der Waals surface area contributed by atoms with Gasteiger partial charge in [0.2, 0.25) is 0 Å². The highest BCUT2D eigenvalue weighted by Crippen LogP contribution is 2.38. The lowest BCUT2D eigenvalue weighted by Crippen LogP contribution is -2.38. The van der Waals surface area contributed by atoms with Gasteiger partial charge in [0.25, 0.3) is 0 Å². The summed E-state index contributed by atoms with van der Waals surface area (Å²) in [6.45, 7) is 4.35. The molecule has 160 valence electrons. The standard InChI is InChI=1S/C22H27FN4O2S/c1-25-12-9-20-21(25)19(24-29)15-27(30-20)11-2-10-26-13-7-17(8-14-26)22(28)16-3-5-18(23)6-4-16/h3-6,9,12,17,19H,2,7-8,10-11,13-15H2,1H3. The van der Waals surface area contributed by atoms with Crippen molar-refractivity contribution in [3.8, 4) is 0 Å². The fraction of sp³-hybridized carbons (Fsp3) is 0.500. The number of piperidine rings is 1. The minimum atomic E-state index is -0.313. The molecule has 2 aliphatic rings. The van der Waals surface area contributed by atoms with Gasteiger partial charge >= 0.3 is 0 Å². The Morgan fingerprint density at radius 1 is 1.17 bits per heavy atom. The van der Waals surface area contributed by atoms with Gasteiger partial charge in [-0.3, -0.25) is 4.79 Å². The van der Waals surface area contributed by atoms with Crippen molar-refractivity contribution in [1.29, 1.82) is 0 Å². The van der Waals surface area contributed by atoms with E-state index in [9.17, 15) is 14.1 Å². The molecule has 0 N–H and O–H groups in total. The zero-order valence-corrected chi connectivity index (χ0v) is 18.0. The van der Waals surface area contributed by atoms with Gasteiger partial charge in [-0.05, 0) is 81.2 Å². The molecular formula is C22H27FN4O2S. The number of likely N-dealkylation sites (tertiary alicyclic amines) is 1. The molecule has 0 bridgehead atoms. The summed E-state index contributed by atoms with van der Waals surface area (Å²) in [5.74, 6) is -0.155. The SMILES string of the molecule is Cn1ccc2c1C(N=O)CN(CCCN1CCC(C(=O)c3ccc(F)cc3)CC1)S2. The predicted molar refractivity (Wildman–Crippen MR) is 116 cm³/mol. The second-order valence-electron chi connectivity index (χ2n) is 8.12. The van der Waals surface area contributed by atoms with E-state index in [1.54, 1.807) is 24.1 Å². The second kappa shape index (κ2) is 9.41. The lowest BCUT2D eigenvalue weighted by atomic mass is 9.89. The molecule has 0 amide bonds. The van der Waals surface area contributed by atoms with Crippen LogP contribution >= 0.6 is 11.9 Å². The van der Waals surface area contributed by atoms with Crippen molar-refractivity contribution < 1.29 is 9.18 Å². The van der Waals surface area contributed by atoms with Crippen LogP contribution in [0.15, 0.2) is 46.6 Å². The quantitative estimate of drug-likeness (QED) is 0.373. The predicted octanol–water partition coefficient (Wildman–Crippen LogP) is 4.28. The van der Waals surface area contributed by atoms with E-state index >= 15 is 0 Å². The molecule has 0 spiro atoms. The first kappa shape index (κ1) is 21.2. The van der Waals surface area contributed by atoms with Crippen molar-refractivity contribution in [2.24, 2.45) is 18.1 Å². The molecule has 1 fully saturated rings. The monoisotopic (exact) mass is 430 g/mol. The van der Waals surface area contributed by atoms with Crippen LogP contribution in [0.1, 0.15) is 41.4 Å². The van der Waals surface area contributed by atoms with Crippen LogP contribution in [0.25, 0.3) is 0 Å². The molecule has 1 saturated heterocycles. The molecule has 8 heteroatoms. The van der Waals surface area contributed by atoms with Gasteiger partial charge in [-0.15, -0.1) is 0 Å². The smallest absolute Gasteiger partial charge is 0.166 e. The van der Waals surface area contributed by atoms with Crippen LogP contribution in [-0.4, -0.2) is 52.3 Å². The summed E-state index contributed by atoms with van der Waals surface area (Å²) in [5.41, 5.74) is 1.62. The van der Waals surface area contributed by atoms with Crippen molar-refractivity contribution in [2.45, 2.75) is 30.2 Å². The second-order valence-corrected chi connectivity index (χ2v) is 9.26. The van der Waals surface area contributed by atoms with Crippen molar-refractivity contribution in [3.63, 3.8) is 0 Å². The zero-order chi connectivity index (χ0) is 21.1. The Hall–Kier alpha value is -2.03. The Morgan fingerprint density at radius 3 is 2.60 bits per heavy atom. The van der Waals surface area contributed by atoms with E-state index in [0.717, 1.165) is 56.0 Å². The molecule has 1 unspecified atom stereocenters. The number of fused-ring (bicyclic) bond motifs is 1. The molecule has 2 aromatic rings. The fourth-order valence-corrected chi connectivity index (χ4v) is 5.62. The summed E-state index contributed by atoms with van der Waals surface area (Å²) in [4.78, 5) is 27.4. The number of Topliss-reactive ketones (excluding diaryl/α,β-unsaturated/α-hetero) is 1. The van der Waals surface area contributed by atoms with Crippen molar-refractivity contribution in [2.75, 3.05) is 32.7 Å². The first-order chi connectivity index (χ1) is 14.5. The molecule has 0 saturated carbocycles. The molecule has 3 heterocycles. The number of nitroso groups, excluding NO2 is 1. The maximum absolute atomic E-state index is 13.1. The summed E-state index contributed by atoms with van der Waals surface area (Å²) in [5, 5.41) is 3.34. The minimum Gasteiger partial charge on any atom is -0.351 e. The van der Waals surface area contributed by atoms with Gasteiger partial charge in [0, 0.05) is 42.7 Å². The Morgan fingerprint density at radius 2 is 1.90 bits per heavy atom. The summed E-state index contributed by atoms with van der Waals surface area (Å²) in [7, 11) is 1.96. The maximum Gasteiger partial charge on any atom is 0.166 e. The minimum absolute atomic E-state index is 0.0280. The van der Waals surface area contributed by atoms with Gasteiger partial charge in [0.1, 0.15) is 11.9 Å². The number of ketones is 1. The average Bonchev–Trinajstić information content (AvgIpc) is 3.14. The van der Waals surface area contributed by atoms with E-state index in [2.05, 4.69) is 14.4 Å². The number of nitrogens with zero attached hydrogens (tertiary/aromatic N) is 4. The van der Waals surface area contributed by atoms with E-state index in [1.807, 2.05) is 23.9 Å². The highest BCUT2D eigenvalue weighted by Gasteiger charge is 2.30. The fourth-order valence-electron chi connectivity index (χ4n) is 4.41. The molecular weight excluding hydrogens is 403 g/mol. The van der Waals surface area contributed by atoms with Crippen LogP contribution in [0, 0.1) is 16.6 Å². The molecule has 4 rings (SSSR count). The molecule has 0 aliphatic carbocycles. The number of carbonyl (C=O) groups excluding carboxylic acids is 1. The van der Waals surface area contributed by atoms with Gasteiger partial charge in [-0.25, -0.2) is 8.70 Å². The van der Waals surface area contributed by atoms with Gasteiger partial charge in [-0.1, -0.05) is 5.18 Å². The number of aromatic nitrogens is 1. The Kier molecular flexibility index (Phi) is 6.65. The van der Waals surface area contributed by atoms with Crippen LogP contribution in [0.5, 0.6) is 0 Å². The molecule has 6 nitrogen and oxygen atoms in total. The topological polar surface area (TPSA) is 57.9 Å². The zero-order valence-electron chi connectivity index (χ0n) is 17.2. The van der Waals surface area contributed by atoms with E-state index in [4.69, 9.17) is 0 Å². The number of aryl methyl sites for hydroxylation is 1. The van der Waals surface area contributed by atoms with Gasteiger partial charge < -0.3 is 9.47 Å².